The van der Waals surface area contributed by atoms with Gasteiger partial charge in [0.1, 0.15) is 11.6 Å². The minimum absolute atomic E-state index is 0.0703. The van der Waals surface area contributed by atoms with Crippen LogP contribution >= 0.6 is 0 Å². The minimum atomic E-state index is -3.88. The molecular formula is C28H29N5O4S. The van der Waals surface area contributed by atoms with Crippen molar-refractivity contribution in [1.82, 2.24) is 9.97 Å². The predicted octanol–water partition coefficient (Wildman–Crippen LogP) is 4.38. The number of benzene rings is 2. The molecule has 0 saturated carbocycles. The van der Waals surface area contributed by atoms with Gasteiger partial charge < -0.3 is 14.9 Å². The molecule has 0 aliphatic carbocycles. The predicted molar refractivity (Wildman–Crippen MR) is 149 cm³/mol. The minimum Gasteiger partial charge on any atom is -0.478 e. The maximum absolute atomic E-state index is 13.2. The highest BCUT2D eigenvalue weighted by Crippen LogP contribution is 2.29. The summed E-state index contributed by atoms with van der Waals surface area (Å²) in [6.07, 6.45) is 1.77. The number of carboxylic acid groups (broad SMARTS) is 1. The molecule has 10 heteroatoms. The SMILES string of the molecule is Cc1cc(C)c(S(=O)(=O)Nc2ccc3nc(N4CCN(c5ccccn5)CC4)cc(C(=O)O)c3c2)c(C)c1. The second-order valence-electron chi connectivity index (χ2n) is 9.56. The van der Waals surface area contributed by atoms with Crippen LogP contribution in [0.25, 0.3) is 10.9 Å². The van der Waals surface area contributed by atoms with Crippen molar-refractivity contribution in [3.63, 3.8) is 0 Å². The van der Waals surface area contributed by atoms with Crippen molar-refractivity contribution in [2.75, 3.05) is 40.7 Å². The van der Waals surface area contributed by atoms with Gasteiger partial charge in [-0.2, -0.15) is 0 Å². The number of aryl methyl sites for hydroxylation is 3. The van der Waals surface area contributed by atoms with Crippen LogP contribution in [0.5, 0.6) is 0 Å². The van der Waals surface area contributed by atoms with Gasteiger partial charge in [0.2, 0.25) is 0 Å². The van der Waals surface area contributed by atoms with Crippen molar-refractivity contribution in [1.29, 1.82) is 0 Å². The van der Waals surface area contributed by atoms with E-state index in [1.54, 1.807) is 38.2 Å². The average Bonchev–Trinajstić information content (AvgIpc) is 2.87. The zero-order valence-electron chi connectivity index (χ0n) is 21.5. The molecule has 0 radical (unpaired) electrons. The van der Waals surface area contributed by atoms with Gasteiger partial charge in [-0.15, -0.1) is 0 Å². The lowest BCUT2D eigenvalue weighted by atomic mass is 10.1. The van der Waals surface area contributed by atoms with E-state index in [4.69, 9.17) is 4.98 Å². The van der Waals surface area contributed by atoms with E-state index in [0.29, 0.717) is 40.9 Å². The van der Waals surface area contributed by atoms with Crippen LogP contribution in [0.3, 0.4) is 0 Å². The highest BCUT2D eigenvalue weighted by atomic mass is 32.2. The lowest BCUT2D eigenvalue weighted by molar-refractivity contribution is 0.0699. The van der Waals surface area contributed by atoms with Gasteiger partial charge in [-0.05, 0) is 68.3 Å². The number of fused-ring (bicyclic) bond motifs is 1. The molecule has 38 heavy (non-hydrogen) atoms. The summed E-state index contributed by atoms with van der Waals surface area (Å²) in [6.45, 7) is 8.25. The van der Waals surface area contributed by atoms with Crippen molar-refractivity contribution >= 4 is 44.2 Å². The molecule has 0 atom stereocenters. The largest absolute Gasteiger partial charge is 0.478 e. The second kappa shape index (κ2) is 9.94. The first kappa shape index (κ1) is 25.5. The highest BCUT2D eigenvalue weighted by molar-refractivity contribution is 7.92. The Bertz CT molecular complexity index is 1610. The number of carbonyl (C=O) groups is 1. The van der Waals surface area contributed by atoms with Crippen molar-refractivity contribution in [3.8, 4) is 0 Å². The number of aromatic nitrogens is 2. The van der Waals surface area contributed by atoms with Gasteiger partial charge in [0.15, 0.2) is 0 Å². The van der Waals surface area contributed by atoms with E-state index in [0.717, 1.165) is 24.5 Å². The first-order valence-electron chi connectivity index (χ1n) is 12.3. The summed E-state index contributed by atoms with van der Waals surface area (Å²) >= 11 is 0. The number of aromatic carboxylic acids is 1. The zero-order valence-corrected chi connectivity index (χ0v) is 22.3. The van der Waals surface area contributed by atoms with E-state index >= 15 is 0 Å². The number of nitrogens with zero attached hydrogens (tertiary/aromatic N) is 4. The third-order valence-electron chi connectivity index (χ3n) is 6.73. The molecule has 5 rings (SSSR count). The molecule has 1 saturated heterocycles. The third-order valence-corrected chi connectivity index (χ3v) is 8.41. The van der Waals surface area contributed by atoms with Crippen molar-refractivity contribution in [3.05, 3.63) is 83.0 Å². The Morgan fingerprint density at radius 3 is 2.16 bits per heavy atom. The summed E-state index contributed by atoms with van der Waals surface area (Å²) < 4.78 is 29.1. The first-order valence-corrected chi connectivity index (χ1v) is 13.8. The van der Waals surface area contributed by atoms with Crippen LogP contribution < -0.4 is 14.5 Å². The smallest absolute Gasteiger partial charge is 0.336 e. The summed E-state index contributed by atoms with van der Waals surface area (Å²) in [4.78, 5) is 25.8. The number of hydrogen-bond acceptors (Lipinski definition) is 7. The molecule has 0 bridgehead atoms. The van der Waals surface area contributed by atoms with E-state index in [2.05, 4.69) is 19.5 Å². The van der Waals surface area contributed by atoms with Crippen LogP contribution in [0, 0.1) is 20.8 Å². The normalized spacial score (nSPS) is 14.1. The Morgan fingerprint density at radius 1 is 0.895 bits per heavy atom. The maximum Gasteiger partial charge on any atom is 0.336 e. The van der Waals surface area contributed by atoms with Crippen molar-refractivity contribution < 1.29 is 18.3 Å². The average molecular weight is 532 g/mol. The number of rotatable bonds is 6. The standard InChI is InChI=1S/C28H29N5O4S/c1-18-14-19(2)27(20(3)15-18)38(36,37)31-21-7-8-24-22(16-21)23(28(34)35)17-26(30-24)33-12-10-32(11-13-33)25-6-4-5-9-29-25/h4-9,14-17,31H,10-13H2,1-3H3,(H,34,35). The number of hydrogen-bond donors (Lipinski definition) is 2. The summed E-state index contributed by atoms with van der Waals surface area (Å²) in [7, 11) is -3.88. The number of sulfonamides is 1. The molecule has 0 amide bonds. The van der Waals surface area contributed by atoms with Gasteiger partial charge in [0.05, 0.1) is 16.0 Å². The third kappa shape index (κ3) is 4.99. The van der Waals surface area contributed by atoms with Gasteiger partial charge in [-0.1, -0.05) is 23.8 Å². The molecule has 0 spiro atoms. The van der Waals surface area contributed by atoms with Gasteiger partial charge in [-0.3, -0.25) is 4.72 Å². The highest BCUT2D eigenvalue weighted by Gasteiger charge is 2.23. The molecule has 2 N–H and O–H groups in total. The lowest BCUT2D eigenvalue weighted by Gasteiger charge is -2.36. The Labute approximate surface area is 221 Å². The summed E-state index contributed by atoms with van der Waals surface area (Å²) in [5.41, 5.74) is 3.11. The second-order valence-corrected chi connectivity index (χ2v) is 11.2. The molecule has 9 nitrogen and oxygen atoms in total. The molecule has 1 aliphatic heterocycles. The molecular weight excluding hydrogens is 502 g/mol. The number of carboxylic acids is 1. The Morgan fingerprint density at radius 2 is 1.55 bits per heavy atom. The quantitative estimate of drug-likeness (QED) is 0.377. The number of nitrogens with one attached hydrogen (secondary N) is 1. The van der Waals surface area contributed by atoms with Crippen LogP contribution in [0.15, 0.2) is 65.7 Å². The Hall–Kier alpha value is -4.18. The topological polar surface area (TPSA) is 116 Å². The summed E-state index contributed by atoms with van der Waals surface area (Å²) in [5, 5.41) is 10.4. The summed E-state index contributed by atoms with van der Waals surface area (Å²) in [5.74, 6) is 0.390. The van der Waals surface area contributed by atoms with Crippen LogP contribution in [0.4, 0.5) is 17.3 Å². The van der Waals surface area contributed by atoms with Crippen molar-refractivity contribution in [2.45, 2.75) is 25.7 Å². The molecule has 0 unspecified atom stereocenters. The van der Waals surface area contributed by atoms with Crippen molar-refractivity contribution in [2.24, 2.45) is 0 Å². The number of piperazine rings is 1. The van der Waals surface area contributed by atoms with E-state index in [1.165, 1.54) is 6.07 Å². The molecule has 1 fully saturated rings. The van der Waals surface area contributed by atoms with E-state index in [9.17, 15) is 18.3 Å². The van der Waals surface area contributed by atoms with Gasteiger partial charge in [0, 0.05) is 43.4 Å². The van der Waals surface area contributed by atoms with Crippen LogP contribution in [0.1, 0.15) is 27.0 Å². The lowest BCUT2D eigenvalue weighted by Crippen LogP contribution is -2.47. The van der Waals surface area contributed by atoms with E-state index in [1.807, 2.05) is 37.3 Å². The fraction of sp³-hybridized carbons (Fsp3) is 0.250. The zero-order chi connectivity index (χ0) is 27.0. The van der Waals surface area contributed by atoms with Crippen LogP contribution in [0.2, 0.25) is 0 Å². The molecule has 2 aromatic heterocycles. The molecule has 196 valence electrons. The maximum atomic E-state index is 13.2. The van der Waals surface area contributed by atoms with E-state index < -0.39 is 16.0 Å². The first-order chi connectivity index (χ1) is 18.1. The fourth-order valence-electron chi connectivity index (χ4n) is 5.12. The van der Waals surface area contributed by atoms with Gasteiger partial charge >= 0.3 is 5.97 Å². The number of anilines is 3. The van der Waals surface area contributed by atoms with Gasteiger partial charge in [-0.25, -0.2) is 23.2 Å². The van der Waals surface area contributed by atoms with Gasteiger partial charge in [0.25, 0.3) is 10.0 Å². The fourth-order valence-corrected chi connectivity index (χ4v) is 6.62. The van der Waals surface area contributed by atoms with E-state index in [-0.39, 0.29) is 16.1 Å². The Balaban J connectivity index is 1.43. The summed E-state index contributed by atoms with van der Waals surface area (Å²) in [6, 6.07) is 15.8. The van der Waals surface area contributed by atoms with Crippen LogP contribution in [-0.2, 0) is 10.0 Å². The van der Waals surface area contributed by atoms with Crippen LogP contribution in [-0.4, -0.2) is 55.6 Å². The Kier molecular flexibility index (Phi) is 6.66. The molecule has 2 aromatic carbocycles. The molecule has 3 heterocycles. The molecule has 4 aromatic rings. The molecule has 1 aliphatic rings. The monoisotopic (exact) mass is 531 g/mol. The number of pyridine rings is 2.